The third-order valence-corrected chi connectivity index (χ3v) is 9.86. The Labute approximate surface area is 341 Å². The quantitative estimate of drug-likeness (QED) is 0.0389. The fourth-order valence-electron chi connectivity index (χ4n) is 6.71. The molecule has 2 aliphatic heterocycles. The predicted octanol–water partition coefficient (Wildman–Crippen LogP) is 6.60. The van der Waals surface area contributed by atoms with Crippen LogP contribution in [0.5, 0.6) is 23.0 Å². The molecule has 0 spiro atoms. The van der Waals surface area contributed by atoms with Crippen LogP contribution in [0.4, 0.5) is 11.4 Å². The molecule has 1 unspecified atom stereocenters. The van der Waals surface area contributed by atoms with Gasteiger partial charge in [0.1, 0.15) is 42.8 Å². The van der Waals surface area contributed by atoms with Crippen LogP contribution in [0.15, 0.2) is 91.0 Å². The molecule has 0 aromatic heterocycles. The van der Waals surface area contributed by atoms with Gasteiger partial charge >= 0.3 is 0 Å². The highest BCUT2D eigenvalue weighted by molar-refractivity contribution is 5.63. The fourth-order valence-corrected chi connectivity index (χ4v) is 6.71. The summed E-state index contributed by atoms with van der Waals surface area (Å²) in [5.74, 6) is 3.31. The van der Waals surface area contributed by atoms with Crippen molar-refractivity contribution in [3.8, 4) is 23.0 Å². The molecule has 0 saturated carbocycles. The Bertz CT molecular complexity index is 1830. The highest BCUT2D eigenvalue weighted by atomic mass is 16.9. The first kappa shape index (κ1) is 43.4. The van der Waals surface area contributed by atoms with Crippen LogP contribution in [-0.4, -0.2) is 102 Å². The van der Waals surface area contributed by atoms with Gasteiger partial charge in [0.15, 0.2) is 0 Å². The molecule has 0 aliphatic carbocycles. The summed E-state index contributed by atoms with van der Waals surface area (Å²) in [7, 11) is 3.40. The summed E-state index contributed by atoms with van der Waals surface area (Å²) in [5, 5.41) is 9.10. The van der Waals surface area contributed by atoms with Crippen molar-refractivity contribution < 1.29 is 43.1 Å². The number of aryl methyl sites for hydroxylation is 1. The van der Waals surface area contributed by atoms with Crippen LogP contribution in [0, 0.1) is 10.1 Å². The van der Waals surface area contributed by atoms with E-state index in [4.69, 9.17) is 28.4 Å². The maximum Gasteiger partial charge on any atom is 0.294 e. The minimum atomic E-state index is -0.784. The minimum absolute atomic E-state index is 0.00111. The number of carbonyl (C=O) groups excluding carboxylic acids is 1. The van der Waals surface area contributed by atoms with E-state index in [1.807, 2.05) is 77.7 Å². The number of amides is 1. The van der Waals surface area contributed by atoms with Gasteiger partial charge in [0.05, 0.1) is 45.2 Å². The molecule has 2 heterocycles. The van der Waals surface area contributed by atoms with Crippen LogP contribution in [0.25, 0.3) is 0 Å². The van der Waals surface area contributed by atoms with Crippen molar-refractivity contribution >= 4 is 17.8 Å². The highest BCUT2D eigenvalue weighted by Gasteiger charge is 2.28. The van der Waals surface area contributed by atoms with Gasteiger partial charge in [-0.25, -0.2) is 0 Å². The first-order valence-electron chi connectivity index (χ1n) is 19.8. The van der Waals surface area contributed by atoms with E-state index in [2.05, 4.69) is 39.8 Å². The molecule has 4 aromatic carbocycles. The van der Waals surface area contributed by atoms with Crippen LogP contribution < -0.4 is 28.7 Å². The molecule has 2 aliphatic rings. The van der Waals surface area contributed by atoms with Crippen LogP contribution in [0.1, 0.15) is 36.5 Å². The van der Waals surface area contributed by atoms with E-state index in [-0.39, 0.29) is 12.6 Å². The molecule has 1 saturated heterocycles. The molecule has 1 fully saturated rings. The van der Waals surface area contributed by atoms with Gasteiger partial charge in [-0.1, -0.05) is 49.4 Å². The average Bonchev–Trinajstić information content (AvgIpc) is 3.27. The van der Waals surface area contributed by atoms with Crippen LogP contribution >= 0.6 is 0 Å². The third-order valence-electron chi connectivity index (χ3n) is 9.86. The van der Waals surface area contributed by atoms with Crippen LogP contribution in [0.2, 0.25) is 0 Å². The van der Waals surface area contributed by atoms with E-state index < -0.39 is 5.09 Å². The van der Waals surface area contributed by atoms with E-state index >= 15 is 0 Å². The monoisotopic (exact) mass is 800 g/mol. The lowest BCUT2D eigenvalue weighted by Gasteiger charge is -2.41. The zero-order chi connectivity index (χ0) is 41.0. The smallest absolute Gasteiger partial charge is 0.294 e. The Morgan fingerprint density at radius 1 is 0.845 bits per heavy atom. The number of anilines is 2. The summed E-state index contributed by atoms with van der Waals surface area (Å²) in [5.41, 5.74) is 5.18. The van der Waals surface area contributed by atoms with Crippen LogP contribution in [-0.2, 0) is 38.7 Å². The van der Waals surface area contributed by atoms with Gasteiger partial charge in [0.25, 0.3) is 5.09 Å². The van der Waals surface area contributed by atoms with Gasteiger partial charge < -0.3 is 48.0 Å². The fraction of sp³-hybridized carbons (Fsp3) is 0.432. The molecule has 58 heavy (non-hydrogen) atoms. The molecule has 1 atom stereocenters. The summed E-state index contributed by atoms with van der Waals surface area (Å²) in [4.78, 5) is 32.2. The minimum Gasteiger partial charge on any atom is -0.496 e. The zero-order valence-electron chi connectivity index (χ0n) is 33.8. The second-order valence-electron chi connectivity index (χ2n) is 13.8. The van der Waals surface area contributed by atoms with Crippen molar-refractivity contribution in [1.82, 2.24) is 4.90 Å². The topological polar surface area (TPSA) is 135 Å². The van der Waals surface area contributed by atoms with E-state index in [9.17, 15) is 14.9 Å². The summed E-state index contributed by atoms with van der Waals surface area (Å²) < 4.78 is 34.6. The molecular formula is C44H56N4O10. The molecule has 0 N–H and O–H groups in total. The Morgan fingerprint density at radius 3 is 2.36 bits per heavy atom. The van der Waals surface area contributed by atoms with Gasteiger partial charge in [0, 0.05) is 63.6 Å². The first-order valence-corrected chi connectivity index (χ1v) is 19.8. The van der Waals surface area contributed by atoms with Crippen molar-refractivity contribution in [2.24, 2.45) is 0 Å². The Kier molecular flexibility index (Phi) is 17.6. The molecule has 6 rings (SSSR count). The van der Waals surface area contributed by atoms with Crippen molar-refractivity contribution in [2.75, 3.05) is 89.8 Å². The van der Waals surface area contributed by atoms with Crippen molar-refractivity contribution in [3.05, 3.63) is 118 Å². The number of piperazine rings is 1. The third kappa shape index (κ3) is 13.4. The predicted molar refractivity (Wildman–Crippen MR) is 222 cm³/mol. The Hall–Kier alpha value is -5.73. The lowest BCUT2D eigenvalue weighted by molar-refractivity contribution is -0.763. The van der Waals surface area contributed by atoms with Gasteiger partial charge in [-0.05, 0) is 66.4 Å². The Balaban J connectivity index is 0.000000419. The molecular weight excluding hydrogens is 745 g/mol. The number of benzene rings is 4. The summed E-state index contributed by atoms with van der Waals surface area (Å²) in [6.07, 6.45) is 3.62. The highest BCUT2D eigenvalue weighted by Crippen LogP contribution is 2.35. The number of rotatable bonds is 21. The molecule has 0 radical (unpaired) electrons. The van der Waals surface area contributed by atoms with Gasteiger partial charge in [-0.15, -0.1) is 10.1 Å². The first-order chi connectivity index (χ1) is 28.4. The number of carbonyl (C=O) groups is 1. The second kappa shape index (κ2) is 23.5. The number of methoxy groups -OCH3 is 2. The van der Waals surface area contributed by atoms with Crippen LogP contribution in [0.3, 0.4) is 0 Å². The van der Waals surface area contributed by atoms with Crippen molar-refractivity contribution in [2.45, 2.75) is 45.4 Å². The number of fused-ring (bicyclic) bond motifs is 1. The van der Waals surface area contributed by atoms with E-state index in [1.165, 1.54) is 5.56 Å². The lowest BCUT2D eigenvalue weighted by Crippen LogP contribution is -2.55. The van der Waals surface area contributed by atoms with E-state index in [1.54, 1.807) is 14.2 Å². The normalized spacial score (nSPS) is 14.7. The Morgan fingerprint density at radius 2 is 1.62 bits per heavy atom. The van der Waals surface area contributed by atoms with Gasteiger partial charge in [-0.3, -0.25) is 4.79 Å². The molecule has 0 bridgehead atoms. The lowest BCUT2D eigenvalue weighted by atomic mass is 10.1. The standard InChI is InChI=1S/C35H45N3O7.C9H11NO3/c1-40-19-5-15-37-18-22-44-35-14-13-32(23-33(35)37)45-26-30-24-36(27-39)16-17-38(30)29-9-11-31(12-10-29)43-21-6-20-42-25-28-7-3-4-8-34(28)41-2;1-2-8-3-5-9(6-4-8)7-13-10(11)12/h3-4,7-14,23,27,30H,5-6,15-22,24-26H2,1-2H3;3-6H,2,7H2,1H3. The largest absolute Gasteiger partial charge is 0.496 e. The molecule has 14 heteroatoms. The number of hydrogen-bond donors (Lipinski definition) is 0. The number of para-hydroxylation sites is 1. The van der Waals surface area contributed by atoms with E-state index in [0.29, 0.717) is 46.1 Å². The number of hydrogen-bond acceptors (Lipinski definition) is 12. The summed E-state index contributed by atoms with van der Waals surface area (Å²) in [6.45, 7) is 9.31. The maximum atomic E-state index is 11.6. The molecule has 312 valence electrons. The number of ether oxygens (including phenoxy) is 6. The molecule has 1 amide bonds. The van der Waals surface area contributed by atoms with Crippen molar-refractivity contribution in [1.29, 1.82) is 0 Å². The van der Waals surface area contributed by atoms with E-state index in [0.717, 1.165) is 97.4 Å². The zero-order valence-corrected chi connectivity index (χ0v) is 33.8. The van der Waals surface area contributed by atoms with Crippen molar-refractivity contribution in [3.63, 3.8) is 0 Å². The number of nitrogens with zero attached hydrogens (tertiary/aromatic N) is 4. The molecule has 4 aromatic rings. The SMILES string of the molecule is CCc1ccc(CO[N+](=O)[O-])cc1.COCCCN1CCOc2ccc(OCC3CN(C=O)CCN3c3ccc(OCCCOCc4ccccc4OC)cc3)cc21. The summed E-state index contributed by atoms with van der Waals surface area (Å²) >= 11 is 0. The molecule has 14 nitrogen and oxygen atoms in total. The summed E-state index contributed by atoms with van der Waals surface area (Å²) in [6, 6.07) is 29.6. The van der Waals surface area contributed by atoms with Gasteiger partial charge in [-0.2, -0.15) is 0 Å². The average molecular weight is 801 g/mol. The maximum absolute atomic E-state index is 11.6. The second-order valence-corrected chi connectivity index (χ2v) is 13.8. The van der Waals surface area contributed by atoms with Gasteiger partial charge in [0.2, 0.25) is 6.41 Å².